The fourth-order valence-electron chi connectivity index (χ4n) is 5.56. The number of halogens is 1. The lowest BCUT2D eigenvalue weighted by atomic mass is 9.78. The maximum Gasteiger partial charge on any atom is 0.250 e. The van der Waals surface area contributed by atoms with Gasteiger partial charge in [0.25, 0.3) is 0 Å². The largest absolute Gasteiger partial charge is 0.497 e. The van der Waals surface area contributed by atoms with Gasteiger partial charge in [0, 0.05) is 28.0 Å². The van der Waals surface area contributed by atoms with Gasteiger partial charge in [-0.1, -0.05) is 11.6 Å². The number of hydrogen-bond donors (Lipinski definition) is 2. The van der Waals surface area contributed by atoms with E-state index in [0.29, 0.717) is 17.1 Å². The van der Waals surface area contributed by atoms with E-state index in [1.165, 1.54) is 0 Å². The Labute approximate surface area is 180 Å². The second kappa shape index (κ2) is 7.00. The van der Waals surface area contributed by atoms with Gasteiger partial charge < -0.3 is 15.4 Å². The van der Waals surface area contributed by atoms with Gasteiger partial charge in [-0.25, -0.2) is 0 Å². The molecule has 3 atom stereocenters. The SMILES string of the molecule is COc1ccc(NC(=O)[C@H]2C[C@H]3CCCN3[C@]23C(=O)Nc2c(C)cc(Cl)cc23)cc1. The Hall–Kier alpha value is -2.57. The number of amides is 2. The average Bonchev–Trinajstić information content (AvgIpc) is 3.38. The van der Waals surface area contributed by atoms with Gasteiger partial charge in [0.15, 0.2) is 0 Å². The van der Waals surface area contributed by atoms with E-state index in [0.717, 1.165) is 42.0 Å². The molecule has 0 saturated carbocycles. The summed E-state index contributed by atoms with van der Waals surface area (Å²) in [6, 6.07) is 11.1. The highest BCUT2D eigenvalue weighted by Gasteiger charge is 2.65. The lowest BCUT2D eigenvalue weighted by Gasteiger charge is -2.36. The van der Waals surface area contributed by atoms with E-state index in [1.54, 1.807) is 19.2 Å². The van der Waals surface area contributed by atoms with E-state index < -0.39 is 11.5 Å². The molecule has 2 aromatic rings. The molecule has 3 aliphatic rings. The second-order valence-corrected chi connectivity index (χ2v) is 8.80. The highest BCUT2D eigenvalue weighted by Crippen LogP contribution is 2.56. The number of anilines is 2. The van der Waals surface area contributed by atoms with Crippen LogP contribution in [0.3, 0.4) is 0 Å². The Morgan fingerprint density at radius 1 is 1.30 bits per heavy atom. The summed E-state index contributed by atoms with van der Waals surface area (Å²) in [6.07, 6.45) is 2.68. The van der Waals surface area contributed by atoms with Crippen LogP contribution in [0.15, 0.2) is 36.4 Å². The van der Waals surface area contributed by atoms with Crippen molar-refractivity contribution in [2.45, 2.75) is 37.8 Å². The van der Waals surface area contributed by atoms with Gasteiger partial charge in [0.1, 0.15) is 11.3 Å². The van der Waals surface area contributed by atoms with Gasteiger partial charge in [-0.3, -0.25) is 14.5 Å². The summed E-state index contributed by atoms with van der Waals surface area (Å²) in [7, 11) is 1.60. The predicted molar refractivity (Wildman–Crippen MR) is 116 cm³/mol. The number of nitrogens with one attached hydrogen (secondary N) is 2. The van der Waals surface area contributed by atoms with Gasteiger partial charge in [-0.05, 0) is 74.7 Å². The highest BCUT2D eigenvalue weighted by molar-refractivity contribution is 6.31. The number of hydrogen-bond acceptors (Lipinski definition) is 4. The standard InChI is InChI=1S/C23H24ClN3O3/c1-13-10-14(24)11-18-20(13)26-22(29)23(18)19(12-16-4-3-9-27(16)23)21(28)25-15-5-7-17(30-2)8-6-15/h5-8,10-11,16,19H,3-4,9,12H2,1-2H3,(H,25,28)(H,26,29)/t16-,19-,23+/m1/s1. The first kappa shape index (κ1) is 19.4. The zero-order valence-electron chi connectivity index (χ0n) is 17.0. The van der Waals surface area contributed by atoms with Crippen LogP contribution in [0.5, 0.6) is 5.75 Å². The van der Waals surface area contributed by atoms with Crippen molar-refractivity contribution in [2.24, 2.45) is 5.92 Å². The van der Waals surface area contributed by atoms with Crippen molar-refractivity contribution >= 4 is 34.8 Å². The number of fused-ring (bicyclic) bond motifs is 4. The summed E-state index contributed by atoms with van der Waals surface area (Å²) in [5.74, 6) is -0.0402. The summed E-state index contributed by atoms with van der Waals surface area (Å²) < 4.78 is 5.19. The molecule has 6 nitrogen and oxygen atoms in total. The maximum atomic E-state index is 13.5. The highest BCUT2D eigenvalue weighted by atomic mass is 35.5. The number of methoxy groups -OCH3 is 1. The predicted octanol–water partition coefficient (Wildman–Crippen LogP) is 3.93. The lowest BCUT2D eigenvalue weighted by Crippen LogP contribution is -2.53. The third-order valence-electron chi connectivity index (χ3n) is 6.81. The third-order valence-corrected chi connectivity index (χ3v) is 7.03. The fourth-order valence-corrected chi connectivity index (χ4v) is 5.83. The van der Waals surface area contributed by atoms with E-state index in [4.69, 9.17) is 16.3 Å². The van der Waals surface area contributed by atoms with E-state index in [-0.39, 0.29) is 17.9 Å². The molecule has 156 valence electrons. The van der Waals surface area contributed by atoms with Crippen LogP contribution in [0.4, 0.5) is 11.4 Å². The van der Waals surface area contributed by atoms with Crippen LogP contribution in [0.2, 0.25) is 5.02 Å². The molecule has 2 aromatic carbocycles. The van der Waals surface area contributed by atoms with Crippen molar-refractivity contribution in [3.05, 3.63) is 52.5 Å². The van der Waals surface area contributed by atoms with E-state index >= 15 is 0 Å². The molecule has 0 bridgehead atoms. The van der Waals surface area contributed by atoms with E-state index in [2.05, 4.69) is 15.5 Å². The summed E-state index contributed by atoms with van der Waals surface area (Å²) in [6.45, 7) is 2.74. The first-order valence-corrected chi connectivity index (χ1v) is 10.7. The zero-order valence-corrected chi connectivity index (χ0v) is 17.8. The van der Waals surface area contributed by atoms with Crippen LogP contribution in [0, 0.1) is 12.8 Å². The van der Waals surface area contributed by atoms with Crippen molar-refractivity contribution in [1.29, 1.82) is 0 Å². The summed E-state index contributed by atoms with van der Waals surface area (Å²) in [4.78, 5) is 29.3. The van der Waals surface area contributed by atoms with Crippen molar-refractivity contribution in [3.8, 4) is 5.75 Å². The lowest BCUT2D eigenvalue weighted by molar-refractivity contribution is -0.135. The molecule has 0 aromatic heterocycles. The molecule has 0 aliphatic carbocycles. The van der Waals surface area contributed by atoms with Crippen LogP contribution >= 0.6 is 11.6 Å². The van der Waals surface area contributed by atoms with Gasteiger partial charge >= 0.3 is 0 Å². The molecule has 2 fully saturated rings. The van der Waals surface area contributed by atoms with Crippen molar-refractivity contribution in [2.75, 3.05) is 24.3 Å². The molecule has 2 N–H and O–H groups in total. The Kier molecular flexibility index (Phi) is 4.52. The van der Waals surface area contributed by atoms with Crippen molar-refractivity contribution in [1.82, 2.24) is 4.90 Å². The average molecular weight is 426 g/mol. The zero-order chi connectivity index (χ0) is 21.0. The Morgan fingerprint density at radius 3 is 2.80 bits per heavy atom. The van der Waals surface area contributed by atoms with Crippen LogP contribution < -0.4 is 15.4 Å². The minimum atomic E-state index is -1.01. The molecule has 3 aliphatic heterocycles. The molecule has 2 saturated heterocycles. The first-order chi connectivity index (χ1) is 14.4. The number of benzene rings is 2. The topological polar surface area (TPSA) is 70.7 Å². The monoisotopic (exact) mass is 425 g/mol. The molecule has 30 heavy (non-hydrogen) atoms. The maximum absolute atomic E-state index is 13.5. The van der Waals surface area contributed by atoms with Crippen molar-refractivity contribution < 1.29 is 14.3 Å². The normalized spacial score (nSPS) is 27.1. The van der Waals surface area contributed by atoms with Gasteiger partial charge in [-0.2, -0.15) is 0 Å². The minimum Gasteiger partial charge on any atom is -0.497 e. The minimum absolute atomic E-state index is 0.123. The molecule has 2 amide bonds. The summed E-state index contributed by atoms with van der Waals surface area (Å²) in [5, 5.41) is 6.67. The Bertz CT molecular complexity index is 1040. The van der Waals surface area contributed by atoms with Crippen LogP contribution in [0.25, 0.3) is 0 Å². The summed E-state index contributed by atoms with van der Waals surface area (Å²) in [5.41, 5.74) is 2.21. The van der Waals surface area contributed by atoms with Crippen LogP contribution in [0.1, 0.15) is 30.4 Å². The molecular formula is C23H24ClN3O3. The molecule has 0 unspecified atom stereocenters. The second-order valence-electron chi connectivity index (χ2n) is 8.36. The number of aryl methyl sites for hydroxylation is 1. The Balaban J connectivity index is 1.57. The van der Waals surface area contributed by atoms with Gasteiger partial charge in [0.05, 0.1) is 13.0 Å². The smallest absolute Gasteiger partial charge is 0.250 e. The van der Waals surface area contributed by atoms with Crippen LogP contribution in [-0.2, 0) is 15.1 Å². The number of ether oxygens (including phenoxy) is 1. The summed E-state index contributed by atoms with van der Waals surface area (Å²) >= 11 is 6.40. The number of carbonyl (C=O) groups excluding carboxylic acids is 2. The quantitative estimate of drug-likeness (QED) is 0.781. The number of rotatable bonds is 3. The number of nitrogens with zero attached hydrogens (tertiary/aromatic N) is 1. The molecule has 1 spiro atoms. The Morgan fingerprint density at radius 2 is 2.07 bits per heavy atom. The molecule has 3 heterocycles. The van der Waals surface area contributed by atoms with Crippen molar-refractivity contribution in [3.63, 3.8) is 0 Å². The van der Waals surface area contributed by atoms with E-state index in [1.807, 2.05) is 31.2 Å². The molecular weight excluding hydrogens is 402 g/mol. The number of carbonyl (C=O) groups is 2. The fraction of sp³-hybridized carbons (Fsp3) is 0.391. The molecule has 5 rings (SSSR count). The third kappa shape index (κ3) is 2.67. The van der Waals surface area contributed by atoms with E-state index in [9.17, 15) is 9.59 Å². The van der Waals surface area contributed by atoms with Gasteiger partial charge in [0.2, 0.25) is 11.8 Å². The molecule has 0 radical (unpaired) electrons. The van der Waals surface area contributed by atoms with Crippen LogP contribution in [-0.4, -0.2) is 36.4 Å². The molecule has 7 heteroatoms. The first-order valence-electron chi connectivity index (χ1n) is 10.3. The van der Waals surface area contributed by atoms with Gasteiger partial charge in [-0.15, -0.1) is 0 Å².